The maximum Gasteiger partial charge on any atom is 0.339 e. The zero-order chi connectivity index (χ0) is 17.2. The van der Waals surface area contributed by atoms with Gasteiger partial charge in [0.25, 0.3) is 5.89 Å². The van der Waals surface area contributed by atoms with E-state index in [4.69, 9.17) is 18.6 Å². The highest BCUT2D eigenvalue weighted by molar-refractivity contribution is 5.90. The number of nitrogens with zero attached hydrogens (tertiary/aromatic N) is 2. The van der Waals surface area contributed by atoms with E-state index in [2.05, 4.69) is 10.2 Å². The smallest absolute Gasteiger partial charge is 0.339 e. The topological polar surface area (TPSA) is 83.7 Å². The summed E-state index contributed by atoms with van der Waals surface area (Å²) in [6.45, 7) is 1.82. The van der Waals surface area contributed by atoms with Crippen molar-refractivity contribution in [2.45, 2.75) is 13.0 Å². The highest BCUT2D eigenvalue weighted by Crippen LogP contribution is 2.33. The number of carbonyl (C=O) groups is 1. The van der Waals surface area contributed by atoms with E-state index in [-0.39, 0.29) is 12.7 Å². The van der Waals surface area contributed by atoms with Crippen LogP contribution in [0.1, 0.15) is 29.3 Å². The van der Waals surface area contributed by atoms with Gasteiger partial charge in [-0.2, -0.15) is 0 Å². The normalized spacial score (nSPS) is 13.5. The zero-order valence-corrected chi connectivity index (χ0v) is 13.3. The van der Waals surface area contributed by atoms with Gasteiger partial charge in [0, 0.05) is 5.56 Å². The summed E-state index contributed by atoms with van der Waals surface area (Å²) < 4.78 is 21.5. The summed E-state index contributed by atoms with van der Waals surface area (Å²) in [5.41, 5.74) is 1.16. The lowest BCUT2D eigenvalue weighted by Crippen LogP contribution is -2.09. The third kappa shape index (κ3) is 3.03. The number of rotatable bonds is 4. The van der Waals surface area contributed by atoms with Crippen LogP contribution >= 0.6 is 0 Å². The molecule has 3 aromatic rings. The van der Waals surface area contributed by atoms with Crippen LogP contribution in [-0.4, -0.2) is 23.0 Å². The SMILES string of the molecule is C[C@H](OC(=O)c1ccc2c(c1)OCO2)c1nnc(-c2ccccc2)o1. The Morgan fingerprint density at radius 1 is 1.08 bits per heavy atom. The fourth-order valence-electron chi connectivity index (χ4n) is 2.40. The second kappa shape index (κ2) is 6.27. The van der Waals surface area contributed by atoms with Gasteiger partial charge in [0.1, 0.15) is 0 Å². The molecular weight excluding hydrogens is 324 g/mol. The number of ether oxygens (including phenoxy) is 3. The molecule has 1 aliphatic rings. The highest BCUT2D eigenvalue weighted by Gasteiger charge is 2.22. The Hall–Kier alpha value is -3.35. The van der Waals surface area contributed by atoms with Gasteiger partial charge in [-0.15, -0.1) is 10.2 Å². The van der Waals surface area contributed by atoms with Gasteiger partial charge < -0.3 is 18.6 Å². The van der Waals surface area contributed by atoms with Crippen molar-refractivity contribution in [1.82, 2.24) is 10.2 Å². The first-order valence-corrected chi connectivity index (χ1v) is 7.70. The van der Waals surface area contributed by atoms with Crippen molar-refractivity contribution >= 4 is 5.97 Å². The van der Waals surface area contributed by atoms with E-state index in [0.29, 0.717) is 23.0 Å². The van der Waals surface area contributed by atoms with Crippen molar-refractivity contribution in [2.24, 2.45) is 0 Å². The Bertz CT molecular complexity index is 907. The summed E-state index contributed by atoms with van der Waals surface area (Å²) in [6, 6.07) is 14.2. The molecule has 0 amide bonds. The Morgan fingerprint density at radius 3 is 2.72 bits per heavy atom. The van der Waals surface area contributed by atoms with E-state index in [1.165, 1.54) is 0 Å². The second-order valence-electron chi connectivity index (χ2n) is 5.43. The van der Waals surface area contributed by atoms with Gasteiger partial charge in [-0.25, -0.2) is 4.79 Å². The van der Waals surface area contributed by atoms with Gasteiger partial charge in [-0.3, -0.25) is 0 Å². The number of hydrogen-bond donors (Lipinski definition) is 0. The Balaban J connectivity index is 1.47. The fourth-order valence-corrected chi connectivity index (χ4v) is 2.40. The largest absolute Gasteiger partial charge is 0.454 e. The molecule has 25 heavy (non-hydrogen) atoms. The molecule has 1 aromatic heterocycles. The van der Waals surface area contributed by atoms with Crippen molar-refractivity contribution < 1.29 is 23.4 Å². The van der Waals surface area contributed by atoms with Crippen LogP contribution in [-0.2, 0) is 4.74 Å². The van der Waals surface area contributed by atoms with E-state index >= 15 is 0 Å². The van der Waals surface area contributed by atoms with Crippen molar-refractivity contribution in [3.05, 3.63) is 60.0 Å². The number of aromatic nitrogens is 2. The Kier molecular flexibility index (Phi) is 3.81. The molecule has 0 N–H and O–H groups in total. The van der Waals surface area contributed by atoms with Gasteiger partial charge in [0.15, 0.2) is 17.6 Å². The van der Waals surface area contributed by atoms with Crippen LogP contribution in [0, 0.1) is 0 Å². The molecular formula is C18H14N2O5. The number of carbonyl (C=O) groups excluding carboxylic acids is 1. The average molecular weight is 338 g/mol. The zero-order valence-electron chi connectivity index (χ0n) is 13.3. The Morgan fingerprint density at radius 2 is 1.88 bits per heavy atom. The lowest BCUT2D eigenvalue weighted by atomic mass is 10.2. The van der Waals surface area contributed by atoms with E-state index in [1.807, 2.05) is 30.3 Å². The standard InChI is InChI=1S/C18H14N2O5/c1-11(16-19-20-17(25-16)12-5-3-2-4-6-12)24-18(21)13-7-8-14-15(9-13)23-10-22-14/h2-9,11H,10H2,1H3/t11-/m0/s1. The van der Waals surface area contributed by atoms with Crippen LogP contribution in [0.15, 0.2) is 52.9 Å². The maximum absolute atomic E-state index is 12.3. The summed E-state index contributed by atoms with van der Waals surface area (Å²) in [4.78, 5) is 12.3. The van der Waals surface area contributed by atoms with Gasteiger partial charge >= 0.3 is 5.97 Å². The molecule has 126 valence electrons. The molecule has 0 unspecified atom stereocenters. The maximum atomic E-state index is 12.3. The average Bonchev–Trinajstić information content (AvgIpc) is 3.31. The van der Waals surface area contributed by atoms with Crippen LogP contribution in [0.5, 0.6) is 11.5 Å². The molecule has 7 nitrogen and oxygen atoms in total. The molecule has 0 radical (unpaired) electrons. The summed E-state index contributed by atoms with van der Waals surface area (Å²) in [7, 11) is 0. The molecule has 2 heterocycles. The van der Waals surface area contributed by atoms with E-state index in [9.17, 15) is 4.79 Å². The Labute approximate surface area is 143 Å². The molecule has 0 fully saturated rings. The van der Waals surface area contributed by atoms with Crippen molar-refractivity contribution in [1.29, 1.82) is 0 Å². The first-order chi connectivity index (χ1) is 12.2. The first-order valence-electron chi connectivity index (χ1n) is 7.70. The predicted molar refractivity (Wildman–Crippen MR) is 86.1 cm³/mol. The molecule has 1 atom stereocenters. The molecule has 0 spiro atoms. The van der Waals surface area contributed by atoms with Crippen molar-refractivity contribution in [3.63, 3.8) is 0 Å². The lowest BCUT2D eigenvalue weighted by Gasteiger charge is -2.09. The van der Waals surface area contributed by atoms with Gasteiger partial charge in [0.2, 0.25) is 12.7 Å². The monoisotopic (exact) mass is 338 g/mol. The first kappa shape index (κ1) is 15.2. The van der Waals surface area contributed by atoms with Crippen LogP contribution in [0.2, 0.25) is 0 Å². The number of fused-ring (bicyclic) bond motifs is 1. The molecule has 1 aliphatic heterocycles. The van der Waals surface area contributed by atoms with Crippen LogP contribution < -0.4 is 9.47 Å². The summed E-state index contributed by atoms with van der Waals surface area (Å²) in [5.74, 6) is 1.22. The van der Waals surface area contributed by atoms with Crippen molar-refractivity contribution in [3.8, 4) is 23.0 Å². The van der Waals surface area contributed by atoms with Gasteiger partial charge in [-0.05, 0) is 37.3 Å². The van der Waals surface area contributed by atoms with Gasteiger partial charge in [-0.1, -0.05) is 18.2 Å². The molecule has 0 aliphatic carbocycles. The summed E-state index contributed by atoms with van der Waals surface area (Å²) in [6.07, 6.45) is -0.678. The lowest BCUT2D eigenvalue weighted by molar-refractivity contribution is 0.0279. The molecule has 0 saturated heterocycles. The molecule has 0 saturated carbocycles. The predicted octanol–water partition coefficient (Wildman–Crippen LogP) is 3.38. The molecule has 4 rings (SSSR count). The summed E-state index contributed by atoms with van der Waals surface area (Å²) in [5, 5.41) is 7.95. The minimum Gasteiger partial charge on any atom is -0.454 e. The molecule has 2 aromatic carbocycles. The van der Waals surface area contributed by atoms with Crippen molar-refractivity contribution in [2.75, 3.05) is 6.79 Å². The van der Waals surface area contributed by atoms with E-state index < -0.39 is 12.1 Å². The summed E-state index contributed by atoms with van der Waals surface area (Å²) >= 11 is 0. The minimum absolute atomic E-state index is 0.147. The van der Waals surface area contributed by atoms with E-state index in [0.717, 1.165) is 5.56 Å². The number of hydrogen-bond acceptors (Lipinski definition) is 7. The second-order valence-corrected chi connectivity index (χ2v) is 5.43. The quantitative estimate of drug-likeness (QED) is 0.674. The number of esters is 1. The van der Waals surface area contributed by atoms with Crippen LogP contribution in [0.25, 0.3) is 11.5 Å². The highest BCUT2D eigenvalue weighted by atomic mass is 16.7. The fraction of sp³-hybridized carbons (Fsp3) is 0.167. The number of benzene rings is 2. The minimum atomic E-state index is -0.678. The van der Waals surface area contributed by atoms with Gasteiger partial charge in [0.05, 0.1) is 5.56 Å². The van der Waals surface area contributed by atoms with Crippen LogP contribution in [0.4, 0.5) is 0 Å². The van der Waals surface area contributed by atoms with E-state index in [1.54, 1.807) is 25.1 Å². The van der Waals surface area contributed by atoms with Crippen LogP contribution in [0.3, 0.4) is 0 Å². The third-order valence-electron chi connectivity index (χ3n) is 3.70. The molecule has 0 bridgehead atoms. The molecule has 7 heteroatoms. The third-order valence-corrected chi connectivity index (χ3v) is 3.70.